The highest BCUT2D eigenvalue weighted by Crippen LogP contribution is 2.41. The molecule has 3 nitrogen and oxygen atoms in total. The summed E-state index contributed by atoms with van der Waals surface area (Å²) < 4.78 is 0. The number of rotatable bonds is 2. The first-order valence-corrected chi connectivity index (χ1v) is 7.60. The molecular weight excluding hydrogens is 274 g/mol. The molecule has 0 aliphatic heterocycles. The van der Waals surface area contributed by atoms with E-state index in [1.165, 1.54) is 11.1 Å². The lowest BCUT2D eigenvalue weighted by molar-refractivity contribution is 0.427. The van der Waals surface area contributed by atoms with Gasteiger partial charge in [0.1, 0.15) is 0 Å². The topological polar surface area (TPSA) is 60.7 Å². The molecule has 2 aromatic carbocycles. The maximum atomic E-state index is 10.0. The summed E-state index contributed by atoms with van der Waals surface area (Å²) >= 11 is 0. The van der Waals surface area contributed by atoms with Crippen molar-refractivity contribution in [2.24, 2.45) is 0 Å². The molecule has 2 aliphatic carbocycles. The van der Waals surface area contributed by atoms with Gasteiger partial charge in [0.25, 0.3) is 0 Å². The zero-order valence-electron chi connectivity index (χ0n) is 12.4. The van der Waals surface area contributed by atoms with E-state index in [-0.39, 0.29) is 0 Å². The second kappa shape index (κ2) is 4.85. The van der Waals surface area contributed by atoms with Crippen LogP contribution >= 0.6 is 0 Å². The molecule has 22 heavy (non-hydrogen) atoms. The minimum Gasteiger partial charge on any atom is -0.446 e. The molecule has 5 heteroatoms. The van der Waals surface area contributed by atoms with Gasteiger partial charge in [0.05, 0.1) is 0 Å². The molecule has 2 aliphatic rings. The standard InChI is InChI=1S/C17H16B2O3/c1-18(20)14-8-4-10-3-7-13-15(19(21)22)9-5-11-2-6-12(14)16(10)17(11)13/h2-3,6-9,20-22H,4-5H2,1H3. The average molecular weight is 290 g/mol. The fraction of sp³-hybridized carbons (Fsp3) is 0.176. The van der Waals surface area contributed by atoms with E-state index in [0.29, 0.717) is 11.9 Å². The molecule has 0 fully saturated rings. The van der Waals surface area contributed by atoms with Gasteiger partial charge < -0.3 is 15.1 Å². The highest BCUT2D eigenvalue weighted by Gasteiger charge is 2.27. The van der Waals surface area contributed by atoms with Crippen molar-refractivity contribution in [2.75, 3.05) is 0 Å². The van der Waals surface area contributed by atoms with Crippen molar-refractivity contribution in [3.05, 3.63) is 58.7 Å². The lowest BCUT2D eigenvalue weighted by atomic mass is 9.58. The number of benzene rings is 2. The maximum absolute atomic E-state index is 10.0. The van der Waals surface area contributed by atoms with Crippen LogP contribution in [0.1, 0.15) is 22.3 Å². The number of allylic oxidation sites excluding steroid dienone is 2. The first-order chi connectivity index (χ1) is 10.6. The van der Waals surface area contributed by atoms with E-state index in [1.54, 1.807) is 6.82 Å². The van der Waals surface area contributed by atoms with Gasteiger partial charge in [-0.2, -0.15) is 0 Å². The molecule has 4 rings (SSSR count). The predicted molar refractivity (Wildman–Crippen MR) is 91.3 cm³/mol. The van der Waals surface area contributed by atoms with Crippen LogP contribution in [0.5, 0.6) is 0 Å². The molecule has 0 aromatic heterocycles. The van der Waals surface area contributed by atoms with E-state index < -0.39 is 14.0 Å². The van der Waals surface area contributed by atoms with E-state index in [4.69, 9.17) is 0 Å². The van der Waals surface area contributed by atoms with Crippen molar-refractivity contribution in [3.63, 3.8) is 0 Å². The van der Waals surface area contributed by atoms with Gasteiger partial charge in [0.2, 0.25) is 0 Å². The lowest BCUT2D eigenvalue weighted by Gasteiger charge is -2.25. The molecule has 0 bridgehead atoms. The summed E-state index contributed by atoms with van der Waals surface area (Å²) in [6, 6.07) is 8.21. The number of hydrogen-bond donors (Lipinski definition) is 3. The summed E-state index contributed by atoms with van der Waals surface area (Å²) in [7, 11) is -1.46. The molecule has 2 aromatic rings. The van der Waals surface area contributed by atoms with Crippen molar-refractivity contribution in [2.45, 2.75) is 19.7 Å². The summed E-state index contributed by atoms with van der Waals surface area (Å²) in [6.07, 6.45) is 5.48. The van der Waals surface area contributed by atoms with Crippen LogP contribution in [0.4, 0.5) is 0 Å². The Morgan fingerprint density at radius 3 is 1.77 bits per heavy atom. The van der Waals surface area contributed by atoms with Gasteiger partial charge in [-0.05, 0) is 56.8 Å². The van der Waals surface area contributed by atoms with Gasteiger partial charge >= 0.3 is 14.0 Å². The highest BCUT2D eigenvalue weighted by molar-refractivity contribution is 6.72. The van der Waals surface area contributed by atoms with Crippen molar-refractivity contribution < 1.29 is 15.1 Å². The quantitative estimate of drug-likeness (QED) is 0.740. The fourth-order valence-corrected chi connectivity index (χ4v) is 3.76. The second-order valence-electron chi connectivity index (χ2n) is 6.07. The lowest BCUT2D eigenvalue weighted by Crippen LogP contribution is -2.19. The monoisotopic (exact) mass is 290 g/mol. The minimum absolute atomic E-state index is 0.507. The molecule has 0 atom stereocenters. The third-order valence-corrected chi connectivity index (χ3v) is 4.77. The first kappa shape index (κ1) is 13.8. The highest BCUT2D eigenvalue weighted by atomic mass is 16.4. The molecule has 0 radical (unpaired) electrons. The first-order valence-electron chi connectivity index (χ1n) is 7.60. The molecule has 0 spiro atoms. The van der Waals surface area contributed by atoms with Crippen LogP contribution in [-0.2, 0) is 12.8 Å². The number of hydrogen-bond acceptors (Lipinski definition) is 3. The Hall–Kier alpha value is -1.81. The van der Waals surface area contributed by atoms with Gasteiger partial charge in [-0.3, -0.25) is 0 Å². The van der Waals surface area contributed by atoms with E-state index >= 15 is 0 Å². The molecule has 3 N–H and O–H groups in total. The Morgan fingerprint density at radius 2 is 1.27 bits per heavy atom. The third kappa shape index (κ3) is 1.83. The summed E-state index contributed by atoms with van der Waals surface area (Å²) in [6.45, 7) is 1.28. The van der Waals surface area contributed by atoms with Gasteiger partial charge in [-0.1, -0.05) is 43.2 Å². The maximum Gasteiger partial charge on any atom is 0.488 e. The van der Waals surface area contributed by atoms with E-state index in [0.717, 1.165) is 33.8 Å². The minimum atomic E-state index is -1.46. The van der Waals surface area contributed by atoms with Gasteiger partial charge in [0, 0.05) is 0 Å². The molecule has 0 unspecified atom stereocenters. The van der Waals surface area contributed by atoms with Crippen molar-refractivity contribution in [3.8, 4) is 0 Å². The zero-order valence-corrected chi connectivity index (χ0v) is 12.4. The summed E-state index contributed by atoms with van der Waals surface area (Å²) in [4.78, 5) is 0. The van der Waals surface area contributed by atoms with Gasteiger partial charge in [0.15, 0.2) is 0 Å². The Morgan fingerprint density at radius 1 is 0.773 bits per heavy atom. The van der Waals surface area contributed by atoms with Crippen LogP contribution in [0.15, 0.2) is 36.4 Å². The van der Waals surface area contributed by atoms with Crippen LogP contribution in [0.25, 0.3) is 21.7 Å². The zero-order chi connectivity index (χ0) is 15.4. The Bertz CT molecular complexity index is 779. The summed E-state index contributed by atoms with van der Waals surface area (Å²) in [5.41, 5.74) is 5.91. The normalized spacial score (nSPS) is 15.5. The van der Waals surface area contributed by atoms with Crippen LogP contribution in [0.2, 0.25) is 6.82 Å². The van der Waals surface area contributed by atoms with Crippen LogP contribution < -0.4 is 0 Å². The summed E-state index contributed by atoms with van der Waals surface area (Å²) in [5, 5.41) is 31.6. The average Bonchev–Trinajstić information content (AvgIpc) is 2.51. The smallest absolute Gasteiger partial charge is 0.446 e. The van der Waals surface area contributed by atoms with Crippen LogP contribution in [-0.4, -0.2) is 29.1 Å². The third-order valence-electron chi connectivity index (χ3n) is 4.77. The van der Waals surface area contributed by atoms with Crippen LogP contribution in [0.3, 0.4) is 0 Å². The Balaban J connectivity index is 2.08. The fourth-order valence-electron chi connectivity index (χ4n) is 3.76. The molecule has 0 heterocycles. The molecule has 108 valence electrons. The predicted octanol–water partition coefficient (Wildman–Crippen LogP) is 1.88. The SMILES string of the molecule is CB(O)C1=CCc2ccc3c4c(ccc1c24)CC=C3B(O)O. The Kier molecular flexibility index (Phi) is 3.05. The van der Waals surface area contributed by atoms with Crippen molar-refractivity contribution >= 4 is 35.8 Å². The molecule has 0 saturated carbocycles. The molecule has 0 saturated heterocycles. The second-order valence-corrected chi connectivity index (χ2v) is 6.07. The van der Waals surface area contributed by atoms with Crippen molar-refractivity contribution in [1.29, 1.82) is 0 Å². The van der Waals surface area contributed by atoms with Crippen molar-refractivity contribution in [1.82, 2.24) is 0 Å². The molecular formula is C17H16B2O3. The van der Waals surface area contributed by atoms with E-state index in [2.05, 4.69) is 24.3 Å². The van der Waals surface area contributed by atoms with Crippen LogP contribution in [0, 0.1) is 0 Å². The van der Waals surface area contributed by atoms with Gasteiger partial charge in [-0.15, -0.1) is 0 Å². The summed E-state index contributed by atoms with van der Waals surface area (Å²) in [5.74, 6) is 0. The van der Waals surface area contributed by atoms with E-state index in [9.17, 15) is 15.1 Å². The molecule has 0 amide bonds. The van der Waals surface area contributed by atoms with E-state index in [1.807, 2.05) is 12.1 Å². The van der Waals surface area contributed by atoms with Gasteiger partial charge in [-0.25, -0.2) is 0 Å². The largest absolute Gasteiger partial charge is 0.488 e. The Labute approximate surface area is 129 Å².